The molecule has 0 spiro atoms. The molecule has 8 heteroatoms. The molecule has 25 heavy (non-hydrogen) atoms. The third kappa shape index (κ3) is 4.63. The summed E-state index contributed by atoms with van der Waals surface area (Å²) in [6.07, 6.45) is 0. The zero-order valence-corrected chi connectivity index (χ0v) is 15.5. The van der Waals surface area contributed by atoms with Crippen molar-refractivity contribution in [2.75, 3.05) is 14.1 Å². The van der Waals surface area contributed by atoms with Gasteiger partial charge in [0.15, 0.2) is 0 Å². The van der Waals surface area contributed by atoms with Crippen LogP contribution in [0.25, 0.3) is 0 Å². The highest BCUT2D eigenvalue weighted by Gasteiger charge is 2.16. The minimum Gasteiger partial charge on any atom is -0.343 e. The summed E-state index contributed by atoms with van der Waals surface area (Å²) in [5, 5.41) is 0. The lowest BCUT2D eigenvalue weighted by atomic mass is 10.1. The maximum Gasteiger partial charge on any atom is 0.271 e. The van der Waals surface area contributed by atoms with E-state index in [0.29, 0.717) is 11.3 Å². The van der Waals surface area contributed by atoms with Crippen molar-refractivity contribution in [3.05, 3.63) is 63.4 Å². The second kappa shape index (κ2) is 7.89. The number of hydrogen-bond donors (Lipinski definition) is 2. The number of carbonyl (C=O) groups excluding carboxylic acids is 3. The largest absolute Gasteiger partial charge is 0.343 e. The fourth-order valence-corrected chi connectivity index (χ4v) is 2.27. The van der Waals surface area contributed by atoms with Crippen LogP contribution in [0.5, 0.6) is 0 Å². The van der Waals surface area contributed by atoms with Gasteiger partial charge in [-0.15, -0.1) is 0 Å². The first-order chi connectivity index (χ1) is 11.8. The summed E-state index contributed by atoms with van der Waals surface area (Å²) >= 11 is 3.28. The lowest BCUT2D eigenvalue weighted by Gasteiger charge is -2.12. The Bertz CT molecular complexity index is 819. The lowest BCUT2D eigenvalue weighted by molar-refractivity contribution is 0.0820. The van der Waals surface area contributed by atoms with Gasteiger partial charge in [0.2, 0.25) is 0 Å². The molecule has 0 radical (unpaired) electrons. The molecule has 0 aliphatic rings. The Morgan fingerprint density at radius 1 is 0.960 bits per heavy atom. The Morgan fingerprint density at radius 2 is 1.56 bits per heavy atom. The smallest absolute Gasteiger partial charge is 0.271 e. The highest BCUT2D eigenvalue weighted by Crippen LogP contribution is 2.10. The second-order valence-electron chi connectivity index (χ2n) is 5.44. The Hall–Kier alpha value is -2.74. The van der Waals surface area contributed by atoms with Crippen LogP contribution >= 0.6 is 15.9 Å². The quantitative estimate of drug-likeness (QED) is 0.764. The predicted molar refractivity (Wildman–Crippen MR) is 96.1 cm³/mol. The van der Waals surface area contributed by atoms with Crippen LogP contribution in [0, 0.1) is 6.92 Å². The highest BCUT2D eigenvalue weighted by atomic mass is 79.9. The molecular formula is C17H17BrN4O3. The fourth-order valence-electron chi connectivity index (χ4n) is 2.00. The Labute approximate surface area is 153 Å². The average Bonchev–Trinajstić information content (AvgIpc) is 2.59. The van der Waals surface area contributed by atoms with E-state index in [9.17, 15) is 14.4 Å². The van der Waals surface area contributed by atoms with E-state index in [1.165, 1.54) is 17.0 Å². The number of rotatable bonds is 3. The normalized spacial score (nSPS) is 10.1. The number of hydrazine groups is 1. The second-order valence-corrected chi connectivity index (χ2v) is 6.36. The topological polar surface area (TPSA) is 91.4 Å². The van der Waals surface area contributed by atoms with E-state index in [4.69, 9.17) is 0 Å². The number of pyridine rings is 1. The summed E-state index contributed by atoms with van der Waals surface area (Å²) < 4.78 is 0.849. The first kappa shape index (κ1) is 18.6. The van der Waals surface area contributed by atoms with Crippen LogP contribution in [0.3, 0.4) is 0 Å². The van der Waals surface area contributed by atoms with E-state index < -0.39 is 11.8 Å². The minimum atomic E-state index is -0.515. The number of hydrogen-bond acceptors (Lipinski definition) is 4. The molecule has 2 rings (SSSR count). The Kier molecular flexibility index (Phi) is 5.87. The van der Waals surface area contributed by atoms with Crippen molar-refractivity contribution >= 4 is 33.7 Å². The monoisotopic (exact) mass is 404 g/mol. The number of halogens is 1. The molecule has 0 saturated heterocycles. The van der Waals surface area contributed by atoms with E-state index in [1.807, 2.05) is 0 Å². The van der Waals surface area contributed by atoms with Crippen molar-refractivity contribution < 1.29 is 14.4 Å². The first-order valence-corrected chi connectivity index (χ1v) is 8.14. The number of amides is 3. The standard InChI is InChI=1S/C17H17BrN4O3/c1-10-13(8-9-14(19-10)17(25)22(2)3)16(24)21-20-15(23)11-4-6-12(18)7-5-11/h4-9H,1-3H3,(H,20,23)(H,21,24). The van der Waals surface area contributed by atoms with Crippen LogP contribution in [0.1, 0.15) is 36.9 Å². The average molecular weight is 405 g/mol. The van der Waals surface area contributed by atoms with Gasteiger partial charge in [-0.2, -0.15) is 0 Å². The molecule has 130 valence electrons. The van der Waals surface area contributed by atoms with Gasteiger partial charge in [0.05, 0.1) is 11.3 Å². The number of aromatic nitrogens is 1. The predicted octanol–water partition coefficient (Wildman–Crippen LogP) is 1.93. The third-order valence-corrected chi connectivity index (χ3v) is 3.88. The van der Waals surface area contributed by atoms with Crippen molar-refractivity contribution in [2.24, 2.45) is 0 Å². The number of nitrogens with zero attached hydrogens (tertiary/aromatic N) is 2. The summed E-state index contributed by atoms with van der Waals surface area (Å²) in [6, 6.07) is 9.68. The summed E-state index contributed by atoms with van der Waals surface area (Å²) in [6.45, 7) is 1.62. The van der Waals surface area contributed by atoms with Crippen molar-refractivity contribution in [2.45, 2.75) is 6.92 Å². The van der Waals surface area contributed by atoms with E-state index >= 15 is 0 Å². The van der Waals surface area contributed by atoms with Crippen LogP contribution < -0.4 is 10.9 Å². The van der Waals surface area contributed by atoms with Gasteiger partial charge in [0.1, 0.15) is 5.69 Å². The molecule has 1 aromatic carbocycles. The molecule has 0 aliphatic carbocycles. The van der Waals surface area contributed by atoms with Crippen molar-refractivity contribution in [3.63, 3.8) is 0 Å². The zero-order valence-electron chi connectivity index (χ0n) is 14.0. The summed E-state index contributed by atoms with van der Waals surface area (Å²) in [7, 11) is 3.25. The maximum atomic E-state index is 12.2. The lowest BCUT2D eigenvalue weighted by Crippen LogP contribution is -2.42. The number of benzene rings is 1. The third-order valence-electron chi connectivity index (χ3n) is 3.35. The molecular weight excluding hydrogens is 388 g/mol. The van der Waals surface area contributed by atoms with Crippen molar-refractivity contribution in [1.29, 1.82) is 0 Å². The Morgan fingerprint density at radius 3 is 2.12 bits per heavy atom. The van der Waals surface area contributed by atoms with Gasteiger partial charge in [-0.1, -0.05) is 15.9 Å². The van der Waals surface area contributed by atoms with Crippen LogP contribution in [0.2, 0.25) is 0 Å². The van der Waals surface area contributed by atoms with Crippen LogP contribution in [0.4, 0.5) is 0 Å². The maximum absolute atomic E-state index is 12.2. The van der Waals surface area contributed by atoms with Gasteiger partial charge in [-0.05, 0) is 43.3 Å². The summed E-state index contributed by atoms with van der Waals surface area (Å²) in [4.78, 5) is 41.6. The van der Waals surface area contributed by atoms with E-state index in [1.54, 1.807) is 45.3 Å². The molecule has 2 aromatic rings. The van der Waals surface area contributed by atoms with E-state index in [-0.39, 0.29) is 17.2 Å². The SMILES string of the molecule is Cc1nc(C(=O)N(C)C)ccc1C(=O)NNC(=O)c1ccc(Br)cc1. The summed E-state index contributed by atoms with van der Waals surface area (Å²) in [5.74, 6) is -1.20. The minimum absolute atomic E-state index is 0.248. The molecule has 0 unspecified atom stereocenters. The molecule has 3 amide bonds. The van der Waals surface area contributed by atoms with Gasteiger partial charge in [-0.25, -0.2) is 4.98 Å². The molecule has 0 bridgehead atoms. The highest BCUT2D eigenvalue weighted by molar-refractivity contribution is 9.10. The zero-order chi connectivity index (χ0) is 18.6. The van der Waals surface area contributed by atoms with Crippen LogP contribution in [0.15, 0.2) is 40.9 Å². The molecule has 2 N–H and O–H groups in total. The van der Waals surface area contributed by atoms with Gasteiger partial charge >= 0.3 is 0 Å². The number of aryl methyl sites for hydroxylation is 1. The van der Waals surface area contributed by atoms with Gasteiger partial charge in [0, 0.05) is 24.1 Å². The van der Waals surface area contributed by atoms with E-state index in [2.05, 4.69) is 31.8 Å². The summed E-state index contributed by atoms with van der Waals surface area (Å²) in [5.41, 5.74) is 6.00. The number of nitrogens with one attached hydrogen (secondary N) is 2. The Balaban J connectivity index is 2.04. The van der Waals surface area contributed by atoms with Crippen LogP contribution in [-0.2, 0) is 0 Å². The fraction of sp³-hybridized carbons (Fsp3) is 0.176. The van der Waals surface area contributed by atoms with Gasteiger partial charge in [-0.3, -0.25) is 25.2 Å². The van der Waals surface area contributed by atoms with Gasteiger partial charge < -0.3 is 4.90 Å². The van der Waals surface area contributed by atoms with Crippen molar-refractivity contribution in [3.8, 4) is 0 Å². The molecule has 0 fully saturated rings. The molecule has 7 nitrogen and oxygen atoms in total. The molecule has 1 aromatic heterocycles. The first-order valence-electron chi connectivity index (χ1n) is 7.35. The molecule has 0 saturated carbocycles. The molecule has 1 heterocycles. The number of carbonyl (C=O) groups is 3. The van der Waals surface area contributed by atoms with Crippen molar-refractivity contribution in [1.82, 2.24) is 20.7 Å². The molecule has 0 aliphatic heterocycles. The van der Waals surface area contributed by atoms with E-state index in [0.717, 1.165) is 4.47 Å². The van der Waals surface area contributed by atoms with Crippen LogP contribution in [-0.4, -0.2) is 41.7 Å². The molecule has 0 atom stereocenters. The van der Waals surface area contributed by atoms with Gasteiger partial charge in [0.25, 0.3) is 17.7 Å².